The van der Waals surface area contributed by atoms with Crippen LogP contribution >= 0.6 is 0 Å². The Bertz CT molecular complexity index is 498. The summed E-state index contributed by atoms with van der Waals surface area (Å²) in [4.78, 5) is 0.188. The van der Waals surface area contributed by atoms with Gasteiger partial charge in [-0.05, 0) is 13.8 Å². The summed E-state index contributed by atoms with van der Waals surface area (Å²) >= 11 is 0. The number of hydrogen-bond donors (Lipinski definition) is 2. The Hall–Kier alpha value is -0.960. The number of nitrogens with two attached hydrogens (primary N) is 1. The Kier molecular flexibility index (Phi) is 5.92. The number of aromatic nitrogens is 2. The zero-order valence-corrected chi connectivity index (χ0v) is 12.5. The molecule has 0 fully saturated rings. The van der Waals surface area contributed by atoms with Crippen LogP contribution < -0.4 is 5.73 Å². The van der Waals surface area contributed by atoms with E-state index >= 15 is 0 Å². The molecule has 0 amide bonds. The van der Waals surface area contributed by atoms with Crippen molar-refractivity contribution in [3.63, 3.8) is 0 Å². The number of hydrogen-bond acceptors (Lipinski definition) is 5. The van der Waals surface area contributed by atoms with Crippen molar-refractivity contribution in [2.75, 3.05) is 26.3 Å². The molecule has 1 aromatic heterocycles. The summed E-state index contributed by atoms with van der Waals surface area (Å²) in [5.74, 6) is 0. The Balaban J connectivity index is 3.03. The molecule has 0 aliphatic heterocycles. The van der Waals surface area contributed by atoms with Crippen LogP contribution in [0, 0.1) is 6.92 Å². The molecule has 110 valence electrons. The molecular formula is C11H22N4O3S. The van der Waals surface area contributed by atoms with Crippen LogP contribution in [0.1, 0.15) is 25.2 Å². The van der Waals surface area contributed by atoms with Gasteiger partial charge >= 0.3 is 0 Å². The summed E-state index contributed by atoms with van der Waals surface area (Å²) in [6, 6.07) is 0. The van der Waals surface area contributed by atoms with Gasteiger partial charge in [-0.2, -0.15) is 9.40 Å². The molecule has 1 aromatic rings. The molecule has 0 spiro atoms. The van der Waals surface area contributed by atoms with Gasteiger partial charge in [0.05, 0.1) is 18.0 Å². The number of rotatable bonds is 8. The number of aryl methyl sites for hydroxylation is 1. The van der Waals surface area contributed by atoms with E-state index in [2.05, 4.69) is 10.2 Å². The largest absolute Gasteiger partial charge is 0.380 e. The van der Waals surface area contributed by atoms with Crippen LogP contribution in [0.4, 0.5) is 0 Å². The van der Waals surface area contributed by atoms with Crippen LogP contribution in [-0.2, 0) is 21.3 Å². The lowest BCUT2D eigenvalue weighted by Gasteiger charge is -2.20. The first kappa shape index (κ1) is 16.1. The highest BCUT2D eigenvalue weighted by Gasteiger charge is 2.29. The highest BCUT2D eigenvalue weighted by Crippen LogP contribution is 2.21. The first-order valence-corrected chi connectivity index (χ1v) is 7.74. The second kappa shape index (κ2) is 6.99. The lowest BCUT2D eigenvalue weighted by Crippen LogP contribution is -2.34. The molecule has 7 nitrogen and oxygen atoms in total. The lowest BCUT2D eigenvalue weighted by atomic mass is 10.4. The average Bonchev–Trinajstić information content (AvgIpc) is 2.76. The first-order valence-electron chi connectivity index (χ1n) is 6.30. The van der Waals surface area contributed by atoms with E-state index in [4.69, 9.17) is 10.5 Å². The summed E-state index contributed by atoms with van der Waals surface area (Å²) in [5, 5.41) is 6.60. The summed E-state index contributed by atoms with van der Waals surface area (Å²) in [6.07, 6.45) is 0. The number of aromatic amines is 1. The molecule has 0 saturated carbocycles. The average molecular weight is 290 g/mol. The Labute approximate surface area is 114 Å². The SMILES string of the molecule is CCOCCN(CC)S(=O)(=O)c1c(CN)n[nH]c1C. The third kappa shape index (κ3) is 3.53. The molecule has 0 unspecified atom stereocenters. The number of likely N-dealkylation sites (N-methyl/N-ethyl adjacent to an activating group) is 1. The van der Waals surface area contributed by atoms with Crippen molar-refractivity contribution in [3.05, 3.63) is 11.4 Å². The van der Waals surface area contributed by atoms with Crippen molar-refractivity contribution in [2.24, 2.45) is 5.73 Å². The summed E-state index contributed by atoms with van der Waals surface area (Å²) in [6.45, 7) is 7.07. The van der Waals surface area contributed by atoms with E-state index in [9.17, 15) is 8.42 Å². The maximum Gasteiger partial charge on any atom is 0.246 e. The van der Waals surface area contributed by atoms with Gasteiger partial charge < -0.3 is 10.5 Å². The third-order valence-electron chi connectivity index (χ3n) is 2.79. The van der Waals surface area contributed by atoms with Gasteiger partial charge in [-0.1, -0.05) is 6.92 Å². The third-order valence-corrected chi connectivity index (χ3v) is 4.97. The van der Waals surface area contributed by atoms with Gasteiger partial charge in [0.15, 0.2) is 0 Å². The topological polar surface area (TPSA) is 101 Å². The smallest absolute Gasteiger partial charge is 0.246 e. The van der Waals surface area contributed by atoms with Crippen LogP contribution in [0.5, 0.6) is 0 Å². The minimum absolute atomic E-state index is 0.0852. The Morgan fingerprint density at radius 3 is 2.63 bits per heavy atom. The van der Waals surface area contributed by atoms with E-state index in [-0.39, 0.29) is 11.4 Å². The van der Waals surface area contributed by atoms with Crippen molar-refractivity contribution in [2.45, 2.75) is 32.2 Å². The van der Waals surface area contributed by atoms with Crippen molar-refractivity contribution in [1.29, 1.82) is 0 Å². The first-order chi connectivity index (χ1) is 8.98. The predicted molar refractivity (Wildman–Crippen MR) is 72.1 cm³/mol. The number of nitrogens with one attached hydrogen (secondary N) is 1. The molecule has 8 heteroatoms. The summed E-state index contributed by atoms with van der Waals surface area (Å²) in [7, 11) is -3.58. The molecule has 0 saturated heterocycles. The van der Waals surface area contributed by atoms with E-state index in [0.717, 1.165) is 0 Å². The zero-order valence-electron chi connectivity index (χ0n) is 11.6. The van der Waals surface area contributed by atoms with E-state index in [1.165, 1.54) is 4.31 Å². The second-order valence-electron chi connectivity index (χ2n) is 4.02. The molecular weight excluding hydrogens is 268 g/mol. The zero-order chi connectivity index (χ0) is 14.5. The van der Waals surface area contributed by atoms with Gasteiger partial charge in [-0.3, -0.25) is 5.10 Å². The van der Waals surface area contributed by atoms with Crippen molar-refractivity contribution in [3.8, 4) is 0 Å². The number of ether oxygens (including phenoxy) is 1. The van der Waals surface area contributed by atoms with Crippen LogP contribution in [0.3, 0.4) is 0 Å². The monoisotopic (exact) mass is 290 g/mol. The normalized spacial score (nSPS) is 12.3. The minimum Gasteiger partial charge on any atom is -0.380 e. The molecule has 0 aliphatic rings. The Morgan fingerprint density at radius 1 is 1.42 bits per heavy atom. The highest BCUT2D eigenvalue weighted by atomic mass is 32.2. The van der Waals surface area contributed by atoms with Crippen LogP contribution in [0.25, 0.3) is 0 Å². The number of sulfonamides is 1. The fourth-order valence-electron chi connectivity index (χ4n) is 1.84. The standard InChI is InChI=1S/C11H22N4O3S/c1-4-15(6-7-18-5-2)19(16,17)11-9(3)13-14-10(11)8-12/h4-8,12H2,1-3H3,(H,13,14). The summed E-state index contributed by atoms with van der Waals surface area (Å²) in [5.41, 5.74) is 6.41. The minimum atomic E-state index is -3.58. The van der Waals surface area contributed by atoms with E-state index < -0.39 is 10.0 Å². The molecule has 19 heavy (non-hydrogen) atoms. The molecule has 0 radical (unpaired) electrons. The van der Waals surface area contributed by atoms with Gasteiger partial charge in [-0.25, -0.2) is 8.42 Å². The lowest BCUT2D eigenvalue weighted by molar-refractivity contribution is 0.135. The number of nitrogens with zero attached hydrogens (tertiary/aromatic N) is 2. The predicted octanol–water partition coefficient (Wildman–Crippen LogP) is 0.224. The maximum absolute atomic E-state index is 12.6. The Morgan fingerprint density at radius 2 is 2.11 bits per heavy atom. The number of H-pyrrole nitrogens is 1. The van der Waals surface area contributed by atoms with Crippen molar-refractivity contribution < 1.29 is 13.2 Å². The maximum atomic E-state index is 12.6. The van der Waals surface area contributed by atoms with Crippen molar-refractivity contribution in [1.82, 2.24) is 14.5 Å². The van der Waals surface area contributed by atoms with E-state index in [1.54, 1.807) is 13.8 Å². The van der Waals surface area contributed by atoms with Crippen molar-refractivity contribution >= 4 is 10.0 Å². The van der Waals surface area contributed by atoms with Gasteiger partial charge in [0.2, 0.25) is 10.0 Å². The van der Waals surface area contributed by atoms with Gasteiger partial charge in [0, 0.05) is 26.2 Å². The second-order valence-corrected chi connectivity index (χ2v) is 5.90. The molecule has 1 rings (SSSR count). The van der Waals surface area contributed by atoms with Crippen LogP contribution in [-0.4, -0.2) is 49.2 Å². The van der Waals surface area contributed by atoms with Gasteiger partial charge in [0.25, 0.3) is 0 Å². The fraction of sp³-hybridized carbons (Fsp3) is 0.727. The van der Waals surface area contributed by atoms with E-state index in [1.807, 2.05) is 6.92 Å². The van der Waals surface area contributed by atoms with Crippen LogP contribution in [0.15, 0.2) is 4.90 Å². The van der Waals surface area contributed by atoms with Gasteiger partial charge in [0.1, 0.15) is 4.90 Å². The highest BCUT2D eigenvalue weighted by molar-refractivity contribution is 7.89. The molecule has 0 atom stereocenters. The van der Waals surface area contributed by atoms with Crippen LogP contribution in [0.2, 0.25) is 0 Å². The molecule has 0 aliphatic carbocycles. The quantitative estimate of drug-likeness (QED) is 0.667. The van der Waals surface area contributed by atoms with Gasteiger partial charge in [-0.15, -0.1) is 0 Å². The fourth-order valence-corrected chi connectivity index (χ4v) is 3.61. The summed E-state index contributed by atoms with van der Waals surface area (Å²) < 4.78 is 31.7. The molecule has 1 heterocycles. The van der Waals surface area contributed by atoms with E-state index in [0.29, 0.717) is 37.7 Å². The molecule has 3 N–H and O–H groups in total. The molecule has 0 bridgehead atoms. The molecule has 0 aromatic carbocycles.